The molecule has 0 amide bonds. The molecule has 5 rings (SSSR count). The van der Waals surface area contributed by atoms with Crippen LogP contribution >= 0.6 is 0 Å². The van der Waals surface area contributed by atoms with Crippen molar-refractivity contribution in [1.82, 2.24) is 0 Å². The van der Waals surface area contributed by atoms with E-state index in [0.29, 0.717) is 72.1 Å². The minimum absolute atomic E-state index is 0.113. The van der Waals surface area contributed by atoms with Crippen LogP contribution in [-0.4, -0.2) is 55.9 Å². The van der Waals surface area contributed by atoms with Crippen LogP contribution in [0.5, 0.6) is 46.0 Å². The third kappa shape index (κ3) is 8.11. The third-order valence-corrected chi connectivity index (χ3v) is 9.30. The van der Waals surface area contributed by atoms with Crippen LogP contribution in [0, 0.1) is 11.8 Å². The molecule has 1 fully saturated rings. The Morgan fingerprint density at radius 2 is 0.776 bits per heavy atom. The fraction of sp³-hybridized carbons (Fsp3) is 0.400. The summed E-state index contributed by atoms with van der Waals surface area (Å²) >= 11 is 0. The SMILES string of the molecule is COc1ccc(CCOc2ccc(C3OC(c4ccc(OCCc5ccc(OC)c(OC)c5)c(OC)c4)[C@H](C)C3C)cc2OC)cc1OC. The minimum Gasteiger partial charge on any atom is -0.493 e. The molecule has 0 spiro atoms. The molecule has 0 bridgehead atoms. The Kier molecular flexibility index (Phi) is 12.0. The molecule has 9 nitrogen and oxygen atoms in total. The maximum absolute atomic E-state index is 6.76. The second-order valence-corrected chi connectivity index (χ2v) is 12.1. The molecular weight excluding hydrogens is 624 g/mol. The first-order chi connectivity index (χ1) is 23.8. The Bertz CT molecular complexity index is 1560. The van der Waals surface area contributed by atoms with Crippen molar-refractivity contribution in [3.8, 4) is 46.0 Å². The van der Waals surface area contributed by atoms with Gasteiger partial charge in [-0.1, -0.05) is 38.1 Å². The predicted octanol–water partition coefficient (Wildman–Crippen LogP) is 8.07. The number of methoxy groups -OCH3 is 6. The molecule has 4 aromatic carbocycles. The number of hydrogen-bond donors (Lipinski definition) is 0. The number of ether oxygens (including phenoxy) is 9. The lowest BCUT2D eigenvalue weighted by molar-refractivity contribution is 0.0287. The van der Waals surface area contributed by atoms with E-state index in [-0.39, 0.29) is 24.0 Å². The van der Waals surface area contributed by atoms with Crippen LogP contribution in [-0.2, 0) is 17.6 Å². The van der Waals surface area contributed by atoms with E-state index < -0.39 is 0 Å². The molecule has 4 aromatic rings. The van der Waals surface area contributed by atoms with E-state index in [1.54, 1.807) is 42.7 Å². The smallest absolute Gasteiger partial charge is 0.161 e. The largest absolute Gasteiger partial charge is 0.493 e. The fourth-order valence-corrected chi connectivity index (χ4v) is 6.31. The van der Waals surface area contributed by atoms with Crippen LogP contribution in [0.2, 0.25) is 0 Å². The van der Waals surface area contributed by atoms with Gasteiger partial charge in [0.15, 0.2) is 46.0 Å². The van der Waals surface area contributed by atoms with E-state index >= 15 is 0 Å². The summed E-state index contributed by atoms with van der Waals surface area (Å²) in [6.45, 7) is 5.44. The second kappa shape index (κ2) is 16.6. The zero-order valence-electron chi connectivity index (χ0n) is 29.7. The van der Waals surface area contributed by atoms with Crippen molar-refractivity contribution in [1.29, 1.82) is 0 Å². The average Bonchev–Trinajstić information content (AvgIpc) is 3.44. The van der Waals surface area contributed by atoms with Crippen LogP contribution in [0.1, 0.15) is 48.3 Å². The predicted molar refractivity (Wildman–Crippen MR) is 188 cm³/mol. The van der Waals surface area contributed by atoms with Gasteiger partial charge >= 0.3 is 0 Å². The summed E-state index contributed by atoms with van der Waals surface area (Å²) in [6, 6.07) is 23.9. The lowest BCUT2D eigenvalue weighted by Crippen LogP contribution is -2.10. The van der Waals surface area contributed by atoms with Gasteiger partial charge in [-0.2, -0.15) is 0 Å². The van der Waals surface area contributed by atoms with Gasteiger partial charge < -0.3 is 42.6 Å². The Morgan fingerprint density at radius 1 is 0.429 bits per heavy atom. The highest BCUT2D eigenvalue weighted by Gasteiger charge is 2.41. The molecule has 49 heavy (non-hydrogen) atoms. The van der Waals surface area contributed by atoms with Crippen molar-refractivity contribution in [2.75, 3.05) is 55.9 Å². The summed E-state index contributed by atoms with van der Waals surface area (Å²) in [5, 5.41) is 0. The Morgan fingerprint density at radius 3 is 1.14 bits per heavy atom. The lowest BCUT2D eigenvalue weighted by Gasteiger charge is -2.19. The maximum Gasteiger partial charge on any atom is 0.161 e. The number of benzene rings is 4. The molecule has 1 heterocycles. The molecule has 0 radical (unpaired) electrons. The standard InChI is InChI=1S/C40H48O9/c1-25-26(2)40(30-12-16-34(38(24-30)46-8)48-20-18-28-10-14-32(42-4)36(22-28)44-6)49-39(25)29-11-15-33(37(23-29)45-7)47-19-17-27-9-13-31(41-3)35(21-27)43-5/h9-16,21-26,39-40H,17-20H2,1-8H3/t25-,26?,39?,40?/m1/s1. The van der Waals surface area contributed by atoms with Crippen LogP contribution in [0.3, 0.4) is 0 Å². The van der Waals surface area contributed by atoms with Crippen molar-refractivity contribution in [2.24, 2.45) is 11.8 Å². The van der Waals surface area contributed by atoms with Gasteiger partial charge in [-0.25, -0.2) is 0 Å². The Hall–Kier alpha value is -4.76. The molecule has 4 atom stereocenters. The molecule has 0 N–H and O–H groups in total. The second-order valence-electron chi connectivity index (χ2n) is 12.1. The summed E-state index contributed by atoms with van der Waals surface area (Å²) in [4.78, 5) is 0. The van der Waals surface area contributed by atoms with Crippen molar-refractivity contribution < 1.29 is 42.6 Å². The van der Waals surface area contributed by atoms with Gasteiger partial charge in [0.2, 0.25) is 0 Å². The average molecular weight is 673 g/mol. The van der Waals surface area contributed by atoms with Gasteiger partial charge in [0, 0.05) is 12.8 Å². The fourth-order valence-electron chi connectivity index (χ4n) is 6.31. The molecule has 1 aliphatic heterocycles. The molecular formula is C40H48O9. The van der Waals surface area contributed by atoms with Crippen molar-refractivity contribution in [3.05, 3.63) is 95.1 Å². The highest BCUT2D eigenvalue weighted by Crippen LogP contribution is 2.50. The summed E-state index contributed by atoms with van der Waals surface area (Å²) in [6.07, 6.45) is 1.19. The van der Waals surface area contributed by atoms with Gasteiger partial charge in [-0.15, -0.1) is 0 Å². The zero-order chi connectivity index (χ0) is 34.9. The molecule has 0 saturated carbocycles. The van der Waals surface area contributed by atoms with Crippen molar-refractivity contribution in [2.45, 2.75) is 38.9 Å². The van der Waals surface area contributed by atoms with Gasteiger partial charge in [0.1, 0.15) is 0 Å². The van der Waals surface area contributed by atoms with E-state index in [0.717, 1.165) is 22.3 Å². The molecule has 262 valence electrons. The van der Waals surface area contributed by atoms with Crippen molar-refractivity contribution >= 4 is 0 Å². The maximum atomic E-state index is 6.76. The lowest BCUT2D eigenvalue weighted by atomic mass is 9.85. The Balaban J connectivity index is 1.22. The van der Waals surface area contributed by atoms with Crippen LogP contribution in [0.25, 0.3) is 0 Å². The van der Waals surface area contributed by atoms with Gasteiger partial charge in [0.05, 0.1) is 68.1 Å². The summed E-state index contributed by atoms with van der Waals surface area (Å²) in [5.74, 6) is 6.05. The summed E-state index contributed by atoms with van der Waals surface area (Å²) in [7, 11) is 9.85. The highest BCUT2D eigenvalue weighted by atomic mass is 16.5. The van der Waals surface area contributed by atoms with Crippen molar-refractivity contribution in [3.63, 3.8) is 0 Å². The number of hydrogen-bond acceptors (Lipinski definition) is 9. The van der Waals surface area contributed by atoms with Gasteiger partial charge in [-0.3, -0.25) is 0 Å². The minimum atomic E-state index is -0.113. The molecule has 1 saturated heterocycles. The normalized spacial score (nSPS) is 18.4. The molecule has 0 aliphatic carbocycles. The molecule has 1 aliphatic rings. The van der Waals surface area contributed by atoms with E-state index in [4.69, 9.17) is 42.6 Å². The first-order valence-corrected chi connectivity index (χ1v) is 16.5. The molecule has 0 aromatic heterocycles. The van der Waals surface area contributed by atoms with Gasteiger partial charge in [-0.05, 0) is 82.6 Å². The van der Waals surface area contributed by atoms with E-state index in [2.05, 4.69) is 26.0 Å². The third-order valence-electron chi connectivity index (χ3n) is 9.30. The van der Waals surface area contributed by atoms with E-state index in [1.165, 1.54) is 0 Å². The van der Waals surface area contributed by atoms with Gasteiger partial charge in [0.25, 0.3) is 0 Å². The number of rotatable bonds is 16. The Labute approximate surface area is 289 Å². The summed E-state index contributed by atoms with van der Waals surface area (Å²) < 4.78 is 52.1. The first-order valence-electron chi connectivity index (χ1n) is 16.5. The molecule has 9 heteroatoms. The topological polar surface area (TPSA) is 83.1 Å². The monoisotopic (exact) mass is 672 g/mol. The van der Waals surface area contributed by atoms with E-state index in [9.17, 15) is 0 Å². The van der Waals surface area contributed by atoms with Crippen LogP contribution in [0.4, 0.5) is 0 Å². The van der Waals surface area contributed by atoms with E-state index in [1.807, 2.05) is 60.7 Å². The zero-order valence-corrected chi connectivity index (χ0v) is 29.7. The quantitative estimate of drug-likeness (QED) is 0.117. The van der Waals surface area contributed by atoms with Crippen LogP contribution < -0.4 is 37.9 Å². The first kappa shape index (κ1) is 35.5. The molecule has 3 unspecified atom stereocenters. The highest BCUT2D eigenvalue weighted by molar-refractivity contribution is 5.47. The summed E-state index contributed by atoms with van der Waals surface area (Å²) in [5.41, 5.74) is 4.28. The van der Waals surface area contributed by atoms with Crippen LogP contribution in [0.15, 0.2) is 72.8 Å².